The van der Waals surface area contributed by atoms with Crippen molar-refractivity contribution in [2.75, 3.05) is 6.54 Å². The van der Waals surface area contributed by atoms with Gasteiger partial charge in [-0.3, -0.25) is 14.3 Å². The molecular formula is C21H26N4O. The molecule has 0 spiro atoms. The highest BCUT2D eigenvalue weighted by atomic mass is 16.1. The first kappa shape index (κ1) is 18.1. The van der Waals surface area contributed by atoms with Crippen LogP contribution in [0.1, 0.15) is 43.0 Å². The third kappa shape index (κ3) is 3.62. The molecule has 1 amide bonds. The molecule has 1 aromatic carbocycles. The first-order chi connectivity index (χ1) is 12.5. The Bertz CT molecular complexity index is 925. The van der Waals surface area contributed by atoms with E-state index < -0.39 is 0 Å². The van der Waals surface area contributed by atoms with Crippen molar-refractivity contribution < 1.29 is 4.79 Å². The number of carbonyl (C=O) groups excluding carboxylic acids is 1. The molecule has 3 rings (SSSR count). The minimum atomic E-state index is 0.0958. The maximum atomic E-state index is 11.3. The topological polar surface area (TPSA) is 59.8 Å². The van der Waals surface area contributed by atoms with Crippen molar-refractivity contribution >= 4 is 16.9 Å². The average molecular weight is 350 g/mol. The Morgan fingerprint density at radius 1 is 1.12 bits per heavy atom. The maximum absolute atomic E-state index is 11.3. The zero-order valence-corrected chi connectivity index (χ0v) is 16.0. The largest absolute Gasteiger partial charge is 0.356 e. The van der Waals surface area contributed by atoms with Crippen molar-refractivity contribution in [2.45, 2.75) is 47.0 Å². The molecule has 0 saturated heterocycles. The Labute approximate surface area is 154 Å². The van der Waals surface area contributed by atoms with Crippen molar-refractivity contribution in [3.05, 3.63) is 53.1 Å². The van der Waals surface area contributed by atoms with E-state index in [1.807, 2.05) is 20.8 Å². The fraction of sp³-hybridized carbons (Fsp3) is 0.381. The van der Waals surface area contributed by atoms with Crippen LogP contribution in [0.4, 0.5) is 0 Å². The number of aromatic nitrogens is 3. The molecule has 3 aromatic rings. The predicted molar refractivity (Wildman–Crippen MR) is 105 cm³/mol. The number of carbonyl (C=O) groups is 1. The first-order valence-corrected chi connectivity index (χ1v) is 9.25. The molecule has 5 nitrogen and oxygen atoms in total. The van der Waals surface area contributed by atoms with Gasteiger partial charge in [0.2, 0.25) is 5.91 Å². The molecule has 0 unspecified atom stereocenters. The van der Waals surface area contributed by atoms with Crippen molar-refractivity contribution in [2.24, 2.45) is 0 Å². The van der Waals surface area contributed by atoms with Crippen LogP contribution in [0.5, 0.6) is 0 Å². The molecule has 0 bridgehead atoms. The number of hydrogen-bond acceptors (Lipinski definition) is 3. The summed E-state index contributed by atoms with van der Waals surface area (Å²) in [7, 11) is 0. The number of aryl methyl sites for hydroxylation is 3. The second kappa shape index (κ2) is 7.68. The predicted octanol–water partition coefficient (Wildman–Crippen LogP) is 3.67. The number of nitrogens with one attached hydrogen (secondary N) is 1. The molecule has 1 N–H and O–H groups in total. The number of pyridine rings is 1. The van der Waals surface area contributed by atoms with E-state index in [0.717, 1.165) is 46.8 Å². The molecule has 0 atom stereocenters. The lowest BCUT2D eigenvalue weighted by atomic mass is 10.1. The van der Waals surface area contributed by atoms with E-state index in [1.54, 1.807) is 0 Å². The first-order valence-electron chi connectivity index (χ1n) is 9.25. The second-order valence-corrected chi connectivity index (χ2v) is 6.55. The lowest BCUT2D eigenvalue weighted by molar-refractivity contribution is -0.120. The van der Waals surface area contributed by atoms with Crippen LogP contribution in [-0.2, 0) is 17.6 Å². The van der Waals surface area contributed by atoms with Gasteiger partial charge in [0.25, 0.3) is 0 Å². The van der Waals surface area contributed by atoms with Gasteiger partial charge in [0, 0.05) is 30.8 Å². The number of imidazole rings is 1. The fourth-order valence-corrected chi connectivity index (χ4v) is 3.24. The van der Waals surface area contributed by atoms with Gasteiger partial charge in [-0.15, -0.1) is 0 Å². The van der Waals surface area contributed by atoms with Gasteiger partial charge in [-0.2, -0.15) is 0 Å². The number of hydrogen-bond donors (Lipinski definition) is 1. The highest BCUT2D eigenvalue weighted by molar-refractivity contribution is 5.80. The highest BCUT2D eigenvalue weighted by Crippen LogP contribution is 2.24. The molecule has 26 heavy (non-hydrogen) atoms. The molecule has 0 fully saturated rings. The van der Waals surface area contributed by atoms with Crippen LogP contribution >= 0.6 is 0 Å². The normalized spacial score (nSPS) is 11.1. The monoisotopic (exact) mass is 350 g/mol. The number of rotatable bonds is 6. The van der Waals surface area contributed by atoms with Crippen molar-refractivity contribution in [3.63, 3.8) is 0 Å². The van der Waals surface area contributed by atoms with Crippen LogP contribution in [0.25, 0.3) is 16.7 Å². The Hall–Kier alpha value is -2.69. The quantitative estimate of drug-likeness (QED) is 0.738. The zero-order valence-electron chi connectivity index (χ0n) is 16.0. The van der Waals surface area contributed by atoms with Gasteiger partial charge in [0.15, 0.2) is 0 Å². The van der Waals surface area contributed by atoms with Crippen LogP contribution in [-0.4, -0.2) is 27.0 Å². The summed E-state index contributed by atoms with van der Waals surface area (Å²) in [5, 5.41) is 2.92. The standard InChI is InChI=1S/C21H26N4O/c1-5-19-24-21-15(4)23-14(3)13-18(21)25(19)17-9-7-16(8-10-17)11-12-22-20(26)6-2/h7-10,13H,5-6,11-12H2,1-4H3,(H,22,26). The molecular weight excluding hydrogens is 324 g/mol. The van der Waals surface area contributed by atoms with Gasteiger partial charge in [0.05, 0.1) is 11.2 Å². The van der Waals surface area contributed by atoms with Gasteiger partial charge in [0.1, 0.15) is 11.3 Å². The zero-order chi connectivity index (χ0) is 18.7. The van der Waals surface area contributed by atoms with Crippen molar-refractivity contribution in [3.8, 4) is 5.69 Å². The Kier molecular flexibility index (Phi) is 5.35. The molecule has 0 radical (unpaired) electrons. The van der Waals surface area contributed by atoms with E-state index in [2.05, 4.69) is 52.1 Å². The molecule has 5 heteroatoms. The van der Waals surface area contributed by atoms with Gasteiger partial charge >= 0.3 is 0 Å². The molecule has 2 aromatic heterocycles. The minimum absolute atomic E-state index is 0.0958. The number of amides is 1. The summed E-state index contributed by atoms with van der Waals surface area (Å²) >= 11 is 0. The van der Waals surface area contributed by atoms with Crippen molar-refractivity contribution in [1.29, 1.82) is 0 Å². The summed E-state index contributed by atoms with van der Waals surface area (Å²) in [6, 6.07) is 10.6. The summed E-state index contributed by atoms with van der Waals surface area (Å²) in [4.78, 5) is 20.7. The Balaban J connectivity index is 1.90. The van der Waals surface area contributed by atoms with E-state index in [-0.39, 0.29) is 5.91 Å². The van der Waals surface area contributed by atoms with Crippen LogP contribution < -0.4 is 5.32 Å². The molecule has 0 aliphatic carbocycles. The second-order valence-electron chi connectivity index (χ2n) is 6.55. The molecule has 0 aliphatic heterocycles. The maximum Gasteiger partial charge on any atom is 0.219 e. The van der Waals surface area contributed by atoms with E-state index in [1.165, 1.54) is 5.56 Å². The van der Waals surface area contributed by atoms with Crippen LogP contribution in [0, 0.1) is 13.8 Å². The SMILES string of the molecule is CCC(=O)NCCc1ccc(-n2c(CC)nc3c(C)nc(C)cc32)cc1. The minimum Gasteiger partial charge on any atom is -0.356 e. The van der Waals surface area contributed by atoms with Gasteiger partial charge in [-0.25, -0.2) is 4.98 Å². The van der Waals surface area contributed by atoms with Crippen molar-refractivity contribution in [1.82, 2.24) is 19.9 Å². The Morgan fingerprint density at radius 2 is 1.85 bits per heavy atom. The number of fused-ring (bicyclic) bond motifs is 1. The summed E-state index contributed by atoms with van der Waals surface area (Å²) < 4.78 is 2.22. The van der Waals surface area contributed by atoms with Crippen LogP contribution in [0.15, 0.2) is 30.3 Å². The fourth-order valence-electron chi connectivity index (χ4n) is 3.24. The molecule has 2 heterocycles. The summed E-state index contributed by atoms with van der Waals surface area (Å²) in [6.45, 7) is 8.69. The van der Waals surface area contributed by atoms with E-state index in [9.17, 15) is 4.79 Å². The molecule has 0 aliphatic rings. The lowest BCUT2D eigenvalue weighted by Crippen LogP contribution is -2.24. The summed E-state index contributed by atoms with van der Waals surface area (Å²) in [5.41, 5.74) is 6.37. The number of benzene rings is 1. The number of nitrogens with zero attached hydrogens (tertiary/aromatic N) is 3. The lowest BCUT2D eigenvalue weighted by Gasteiger charge is -2.10. The van der Waals surface area contributed by atoms with Gasteiger partial charge in [-0.05, 0) is 44.0 Å². The molecule has 0 saturated carbocycles. The summed E-state index contributed by atoms with van der Waals surface area (Å²) in [6.07, 6.45) is 2.22. The third-order valence-corrected chi connectivity index (χ3v) is 4.58. The van der Waals surface area contributed by atoms with Gasteiger partial charge < -0.3 is 5.32 Å². The molecule has 136 valence electrons. The van der Waals surface area contributed by atoms with Gasteiger partial charge in [-0.1, -0.05) is 26.0 Å². The Morgan fingerprint density at radius 3 is 2.50 bits per heavy atom. The van der Waals surface area contributed by atoms with Crippen LogP contribution in [0.3, 0.4) is 0 Å². The average Bonchev–Trinajstić information content (AvgIpc) is 3.01. The smallest absolute Gasteiger partial charge is 0.219 e. The summed E-state index contributed by atoms with van der Waals surface area (Å²) in [5.74, 6) is 1.14. The van der Waals surface area contributed by atoms with E-state index >= 15 is 0 Å². The van der Waals surface area contributed by atoms with E-state index in [4.69, 9.17) is 4.98 Å². The van der Waals surface area contributed by atoms with E-state index in [0.29, 0.717) is 13.0 Å². The van der Waals surface area contributed by atoms with Crippen LogP contribution in [0.2, 0.25) is 0 Å². The highest BCUT2D eigenvalue weighted by Gasteiger charge is 2.14. The third-order valence-electron chi connectivity index (χ3n) is 4.58.